The van der Waals surface area contributed by atoms with Crippen LogP contribution in [0.15, 0.2) is 30.5 Å². The number of anilines is 1. The monoisotopic (exact) mass is 242 g/mol. The fraction of sp³-hybridized carbons (Fsp3) is 0.154. The molecule has 0 saturated heterocycles. The van der Waals surface area contributed by atoms with Crippen molar-refractivity contribution in [1.82, 2.24) is 14.8 Å². The van der Waals surface area contributed by atoms with E-state index in [9.17, 15) is 0 Å². The van der Waals surface area contributed by atoms with Crippen molar-refractivity contribution in [2.75, 3.05) is 12.8 Å². The third-order valence-electron chi connectivity index (χ3n) is 3.06. The quantitative estimate of drug-likeness (QED) is 0.723. The van der Waals surface area contributed by atoms with Gasteiger partial charge in [-0.05, 0) is 12.1 Å². The number of rotatable bonds is 2. The summed E-state index contributed by atoms with van der Waals surface area (Å²) in [4.78, 5) is 3.24. The number of aryl methyl sites for hydroxylation is 1. The lowest BCUT2D eigenvalue weighted by atomic mass is 10.1. The summed E-state index contributed by atoms with van der Waals surface area (Å²) < 4.78 is 7.18. The normalized spacial score (nSPS) is 11.0. The summed E-state index contributed by atoms with van der Waals surface area (Å²) >= 11 is 0. The summed E-state index contributed by atoms with van der Waals surface area (Å²) in [5.41, 5.74) is 8.76. The third kappa shape index (κ3) is 1.44. The van der Waals surface area contributed by atoms with E-state index in [4.69, 9.17) is 10.5 Å². The minimum atomic E-state index is 0.511. The van der Waals surface area contributed by atoms with Crippen molar-refractivity contribution < 1.29 is 4.74 Å². The molecule has 5 heteroatoms. The van der Waals surface area contributed by atoms with E-state index in [2.05, 4.69) is 10.1 Å². The Hall–Kier alpha value is -2.43. The summed E-state index contributed by atoms with van der Waals surface area (Å²) in [6, 6.07) is 7.77. The van der Waals surface area contributed by atoms with Crippen molar-refractivity contribution >= 4 is 16.7 Å². The van der Waals surface area contributed by atoms with E-state index in [-0.39, 0.29) is 0 Å². The highest BCUT2D eigenvalue weighted by molar-refractivity contribution is 5.99. The van der Waals surface area contributed by atoms with Crippen LogP contribution in [0.5, 0.6) is 5.75 Å². The Balaban J connectivity index is 2.33. The molecule has 0 fully saturated rings. The summed E-state index contributed by atoms with van der Waals surface area (Å²) in [6.45, 7) is 0. The molecule has 0 aliphatic rings. The maximum atomic E-state index is 5.73. The van der Waals surface area contributed by atoms with E-state index in [0.717, 1.165) is 27.9 Å². The zero-order chi connectivity index (χ0) is 12.7. The Morgan fingerprint density at radius 2 is 2.22 bits per heavy atom. The van der Waals surface area contributed by atoms with Crippen molar-refractivity contribution in [1.29, 1.82) is 0 Å². The molecule has 0 bridgehead atoms. The van der Waals surface area contributed by atoms with Crippen LogP contribution in [0.3, 0.4) is 0 Å². The van der Waals surface area contributed by atoms with Crippen LogP contribution in [0.1, 0.15) is 0 Å². The van der Waals surface area contributed by atoms with E-state index < -0.39 is 0 Å². The van der Waals surface area contributed by atoms with Crippen molar-refractivity contribution in [3.05, 3.63) is 30.5 Å². The molecule has 18 heavy (non-hydrogen) atoms. The SMILES string of the molecule is COc1cccc2[nH]cc(-c3cc(N)nn3C)c12. The molecule has 2 aromatic heterocycles. The van der Waals surface area contributed by atoms with Gasteiger partial charge in [0.05, 0.1) is 18.2 Å². The second-order valence-electron chi connectivity index (χ2n) is 4.16. The van der Waals surface area contributed by atoms with Crippen LogP contribution in [-0.4, -0.2) is 21.9 Å². The Kier molecular flexibility index (Phi) is 2.26. The van der Waals surface area contributed by atoms with Gasteiger partial charge in [0.2, 0.25) is 0 Å². The molecule has 3 rings (SSSR count). The highest BCUT2D eigenvalue weighted by atomic mass is 16.5. The first-order chi connectivity index (χ1) is 8.70. The van der Waals surface area contributed by atoms with Crippen LogP contribution in [0.2, 0.25) is 0 Å². The highest BCUT2D eigenvalue weighted by Crippen LogP contribution is 2.35. The zero-order valence-electron chi connectivity index (χ0n) is 10.3. The lowest BCUT2D eigenvalue weighted by Gasteiger charge is -2.04. The van der Waals surface area contributed by atoms with E-state index in [1.165, 1.54) is 0 Å². The minimum Gasteiger partial charge on any atom is -0.496 e. The van der Waals surface area contributed by atoms with Gasteiger partial charge in [0, 0.05) is 30.4 Å². The number of aromatic nitrogens is 3. The molecule has 0 amide bonds. The molecule has 0 radical (unpaired) electrons. The predicted octanol–water partition coefficient (Wildman–Crippen LogP) is 2.16. The number of benzene rings is 1. The molecule has 2 heterocycles. The topological polar surface area (TPSA) is 68.9 Å². The van der Waals surface area contributed by atoms with Crippen molar-refractivity contribution in [3.8, 4) is 17.0 Å². The van der Waals surface area contributed by atoms with Crippen LogP contribution in [-0.2, 0) is 7.05 Å². The van der Waals surface area contributed by atoms with Crippen molar-refractivity contribution in [2.45, 2.75) is 0 Å². The number of nitrogens with one attached hydrogen (secondary N) is 1. The first kappa shape index (κ1) is 10.7. The molecule has 3 N–H and O–H groups in total. The van der Waals surface area contributed by atoms with E-state index in [1.54, 1.807) is 11.8 Å². The van der Waals surface area contributed by atoms with Gasteiger partial charge in [-0.15, -0.1) is 0 Å². The molecular weight excluding hydrogens is 228 g/mol. The molecular formula is C13H14N4O. The summed E-state index contributed by atoms with van der Waals surface area (Å²) in [5, 5.41) is 5.21. The fourth-order valence-corrected chi connectivity index (χ4v) is 2.26. The third-order valence-corrected chi connectivity index (χ3v) is 3.06. The van der Waals surface area contributed by atoms with Gasteiger partial charge in [-0.1, -0.05) is 6.07 Å². The average molecular weight is 242 g/mol. The maximum Gasteiger partial charge on any atom is 0.146 e. The Morgan fingerprint density at radius 3 is 2.89 bits per heavy atom. The number of aromatic amines is 1. The number of hydrogen-bond donors (Lipinski definition) is 2. The van der Waals surface area contributed by atoms with Crippen LogP contribution < -0.4 is 10.5 Å². The van der Waals surface area contributed by atoms with Gasteiger partial charge in [-0.2, -0.15) is 5.10 Å². The number of ether oxygens (including phenoxy) is 1. The number of hydrogen-bond acceptors (Lipinski definition) is 3. The summed E-state index contributed by atoms with van der Waals surface area (Å²) in [6.07, 6.45) is 1.95. The van der Waals surface area contributed by atoms with Gasteiger partial charge in [-0.3, -0.25) is 4.68 Å². The van der Waals surface area contributed by atoms with Gasteiger partial charge in [0.25, 0.3) is 0 Å². The molecule has 0 unspecified atom stereocenters. The first-order valence-corrected chi connectivity index (χ1v) is 5.64. The van der Waals surface area contributed by atoms with Crippen LogP contribution in [0, 0.1) is 0 Å². The van der Waals surface area contributed by atoms with Crippen molar-refractivity contribution in [2.24, 2.45) is 7.05 Å². The van der Waals surface area contributed by atoms with Crippen LogP contribution >= 0.6 is 0 Å². The highest BCUT2D eigenvalue weighted by Gasteiger charge is 2.14. The molecule has 5 nitrogen and oxygen atoms in total. The van der Waals surface area contributed by atoms with E-state index in [1.807, 2.05) is 37.5 Å². The molecule has 92 valence electrons. The molecule has 0 aliphatic carbocycles. The second kappa shape index (κ2) is 3.80. The van der Waals surface area contributed by atoms with E-state index >= 15 is 0 Å². The van der Waals surface area contributed by atoms with Gasteiger partial charge < -0.3 is 15.5 Å². The molecule has 0 spiro atoms. The molecule has 3 aromatic rings. The number of nitrogens with two attached hydrogens (primary N) is 1. The molecule has 0 saturated carbocycles. The lowest BCUT2D eigenvalue weighted by molar-refractivity contribution is 0.420. The predicted molar refractivity (Wildman–Crippen MR) is 71.5 cm³/mol. The van der Waals surface area contributed by atoms with E-state index in [0.29, 0.717) is 5.82 Å². The summed E-state index contributed by atoms with van der Waals surface area (Å²) in [7, 11) is 3.54. The lowest BCUT2D eigenvalue weighted by Crippen LogP contribution is -1.94. The van der Waals surface area contributed by atoms with Crippen molar-refractivity contribution in [3.63, 3.8) is 0 Å². The minimum absolute atomic E-state index is 0.511. The number of nitrogen functional groups attached to an aromatic ring is 1. The zero-order valence-corrected chi connectivity index (χ0v) is 10.3. The molecule has 0 atom stereocenters. The second-order valence-corrected chi connectivity index (χ2v) is 4.16. The molecule has 0 aliphatic heterocycles. The van der Waals surface area contributed by atoms with Crippen LogP contribution in [0.4, 0.5) is 5.82 Å². The van der Waals surface area contributed by atoms with Gasteiger partial charge in [0.1, 0.15) is 11.6 Å². The first-order valence-electron chi connectivity index (χ1n) is 5.64. The smallest absolute Gasteiger partial charge is 0.146 e. The number of nitrogens with zero attached hydrogens (tertiary/aromatic N) is 2. The van der Waals surface area contributed by atoms with Gasteiger partial charge in [0.15, 0.2) is 0 Å². The maximum absolute atomic E-state index is 5.73. The Bertz CT molecular complexity index is 711. The summed E-state index contributed by atoms with van der Waals surface area (Å²) in [5.74, 6) is 1.35. The van der Waals surface area contributed by atoms with Crippen LogP contribution in [0.25, 0.3) is 22.2 Å². The number of methoxy groups -OCH3 is 1. The van der Waals surface area contributed by atoms with Gasteiger partial charge in [-0.25, -0.2) is 0 Å². The standard InChI is InChI=1S/C13H14N4O/c1-17-10(6-12(14)16-17)8-7-15-9-4-3-5-11(18-2)13(8)9/h3-7,15H,1-2H3,(H2,14,16). The Labute approximate surface area is 104 Å². The largest absolute Gasteiger partial charge is 0.496 e. The fourth-order valence-electron chi connectivity index (χ4n) is 2.26. The Morgan fingerprint density at radius 1 is 1.39 bits per heavy atom. The average Bonchev–Trinajstić information content (AvgIpc) is 2.92. The number of fused-ring (bicyclic) bond motifs is 1. The number of H-pyrrole nitrogens is 1. The molecule has 1 aromatic carbocycles. The van der Waals surface area contributed by atoms with Gasteiger partial charge >= 0.3 is 0 Å².